The van der Waals surface area contributed by atoms with E-state index in [1.165, 1.54) is 39.7 Å². The van der Waals surface area contributed by atoms with E-state index in [2.05, 4.69) is 15.1 Å². The average molecular weight is 843 g/mol. The lowest BCUT2D eigenvalue weighted by atomic mass is 10.0. The molecule has 0 radical (unpaired) electrons. The molecule has 20 heteroatoms. The summed E-state index contributed by atoms with van der Waals surface area (Å²) in [6.45, 7) is 4.19. The molecule has 0 spiro atoms. The minimum absolute atomic E-state index is 0.0205. The first-order valence-electron chi connectivity index (χ1n) is 18.9. The van der Waals surface area contributed by atoms with Gasteiger partial charge in [-0.3, -0.25) is 14.6 Å². The van der Waals surface area contributed by atoms with E-state index in [9.17, 15) is 37.1 Å². The molecular formula is C39H42ClF3N8O8. The summed E-state index contributed by atoms with van der Waals surface area (Å²) in [6, 6.07) is 13.9. The number of likely N-dealkylation sites (tertiary alicyclic amines) is 1. The van der Waals surface area contributed by atoms with Crippen LogP contribution in [0.1, 0.15) is 60.6 Å². The summed E-state index contributed by atoms with van der Waals surface area (Å²) in [4.78, 5) is 76.2. The lowest BCUT2D eigenvalue weighted by Gasteiger charge is -2.37. The molecule has 0 saturated carbocycles. The van der Waals surface area contributed by atoms with E-state index in [4.69, 9.17) is 31.5 Å². The summed E-state index contributed by atoms with van der Waals surface area (Å²) >= 11 is 6.10. The number of halogens is 4. The first kappa shape index (κ1) is 42.5. The van der Waals surface area contributed by atoms with Crippen molar-refractivity contribution in [1.29, 1.82) is 0 Å². The molecule has 4 aromatic rings. The number of aromatic amines is 1. The first-order valence-corrected chi connectivity index (χ1v) is 19.2. The molecule has 6 rings (SSSR count). The highest BCUT2D eigenvalue weighted by molar-refractivity contribution is 6.33. The summed E-state index contributed by atoms with van der Waals surface area (Å²) < 4.78 is 58.9. The van der Waals surface area contributed by atoms with Crippen molar-refractivity contribution in [2.45, 2.75) is 64.1 Å². The van der Waals surface area contributed by atoms with Gasteiger partial charge in [0.15, 0.2) is 11.9 Å². The first-order chi connectivity index (χ1) is 28.1. The molecule has 4 heterocycles. The van der Waals surface area contributed by atoms with Crippen LogP contribution in [-0.2, 0) is 36.4 Å². The molecule has 2 aliphatic heterocycles. The van der Waals surface area contributed by atoms with Crippen LogP contribution in [0, 0.1) is 0 Å². The Morgan fingerprint density at radius 3 is 2.27 bits per heavy atom. The largest absolute Gasteiger partial charge is 0.436 e. The van der Waals surface area contributed by atoms with Crippen LogP contribution in [0.2, 0.25) is 5.02 Å². The van der Waals surface area contributed by atoms with Gasteiger partial charge in [0.05, 0.1) is 27.9 Å². The SMILES string of the molecule is CCC(=O)OC(C)OC(=O)c1ccc(N2CCN(C(=O)[C@@H](Cc3cc(Cl)c(N)c(C(F)(F)F)c3)OC(=O)N3CCC(n4nc(-c5ccccc5)[nH]c4=O)CC3)CC2)nc1. The zero-order valence-corrected chi connectivity index (χ0v) is 32.9. The Morgan fingerprint density at radius 1 is 0.949 bits per heavy atom. The number of ether oxygens (including phenoxy) is 3. The highest BCUT2D eigenvalue weighted by Crippen LogP contribution is 2.38. The van der Waals surface area contributed by atoms with Gasteiger partial charge in [0.25, 0.3) is 5.91 Å². The highest BCUT2D eigenvalue weighted by atomic mass is 35.5. The number of piperazine rings is 1. The van der Waals surface area contributed by atoms with Gasteiger partial charge < -0.3 is 34.6 Å². The van der Waals surface area contributed by atoms with Crippen LogP contribution in [0.25, 0.3) is 11.4 Å². The Kier molecular flexibility index (Phi) is 13.1. The Hall–Kier alpha value is -6.11. The fourth-order valence-corrected chi connectivity index (χ4v) is 7.03. The molecule has 2 atom stereocenters. The maximum Gasteiger partial charge on any atom is 0.418 e. The smallest absolute Gasteiger partial charge is 0.418 e. The van der Waals surface area contributed by atoms with Crippen LogP contribution in [0.5, 0.6) is 0 Å². The molecule has 1 unspecified atom stereocenters. The van der Waals surface area contributed by atoms with Gasteiger partial charge in [-0.25, -0.2) is 24.0 Å². The van der Waals surface area contributed by atoms with Crippen LogP contribution < -0.4 is 16.3 Å². The van der Waals surface area contributed by atoms with Crippen molar-refractivity contribution >= 4 is 47.0 Å². The average Bonchev–Trinajstić information content (AvgIpc) is 3.62. The van der Waals surface area contributed by atoms with Crippen LogP contribution in [0.4, 0.5) is 29.5 Å². The van der Waals surface area contributed by atoms with Crippen molar-refractivity contribution in [3.63, 3.8) is 0 Å². The van der Waals surface area contributed by atoms with E-state index in [0.29, 0.717) is 24.5 Å². The van der Waals surface area contributed by atoms with Gasteiger partial charge in [-0.2, -0.15) is 13.2 Å². The quantitative estimate of drug-likeness (QED) is 0.116. The number of aromatic nitrogens is 4. The number of carbonyl (C=O) groups excluding carboxylic acids is 4. The number of esters is 2. The molecule has 0 bridgehead atoms. The summed E-state index contributed by atoms with van der Waals surface area (Å²) in [5.41, 5.74) is 4.24. The molecule has 2 aromatic heterocycles. The Bertz CT molecular complexity index is 2200. The van der Waals surface area contributed by atoms with Gasteiger partial charge in [-0.15, -0.1) is 5.10 Å². The molecular weight excluding hydrogens is 801 g/mol. The topological polar surface area (TPSA) is 195 Å². The summed E-state index contributed by atoms with van der Waals surface area (Å²) in [6.07, 6.45) is -6.61. The number of anilines is 2. The molecule has 314 valence electrons. The van der Waals surface area contributed by atoms with Gasteiger partial charge in [-0.05, 0) is 42.7 Å². The summed E-state index contributed by atoms with van der Waals surface area (Å²) in [5.74, 6) is -0.988. The highest BCUT2D eigenvalue weighted by Gasteiger charge is 2.37. The van der Waals surface area contributed by atoms with Crippen LogP contribution in [0.15, 0.2) is 65.6 Å². The number of carbonyl (C=O) groups is 4. The zero-order chi connectivity index (χ0) is 42.4. The number of hydrogen-bond acceptors (Lipinski definition) is 12. The molecule has 2 amide bonds. The standard InChI is InChI=1S/C39H42ClF3N8O8/c1-3-32(52)57-23(2)58-36(54)26-9-10-31(45-22-26)48-15-17-49(18-16-48)35(53)30(21-24-19-28(39(41,42)43)33(44)29(40)20-24)59-38(56)50-13-11-27(12-14-50)51-37(55)46-34(47-51)25-7-5-4-6-8-25/h4-10,19-20,22-23,27,30H,3,11-18,21,44H2,1-2H3,(H,46,47,55)/t23?,30-/m1/s1. The van der Waals surface area contributed by atoms with Gasteiger partial charge >= 0.3 is 29.9 Å². The predicted octanol–water partition coefficient (Wildman–Crippen LogP) is 5.08. The maximum atomic E-state index is 14.1. The van der Waals surface area contributed by atoms with Crippen LogP contribution >= 0.6 is 11.6 Å². The lowest BCUT2D eigenvalue weighted by molar-refractivity contribution is -0.165. The second-order valence-corrected chi connectivity index (χ2v) is 14.4. The number of nitrogens with one attached hydrogen (secondary N) is 1. The Balaban J connectivity index is 1.11. The molecule has 2 fully saturated rings. The third-order valence-electron chi connectivity index (χ3n) is 9.95. The number of H-pyrrole nitrogens is 1. The van der Waals surface area contributed by atoms with E-state index in [1.807, 2.05) is 35.2 Å². The minimum atomic E-state index is -4.84. The number of nitrogen functional groups attached to an aromatic ring is 1. The fraction of sp³-hybridized carbons (Fsp3) is 0.410. The van der Waals surface area contributed by atoms with Gasteiger partial charge in [0.2, 0.25) is 6.29 Å². The van der Waals surface area contributed by atoms with Gasteiger partial charge in [0, 0.05) is 70.8 Å². The molecule has 16 nitrogen and oxygen atoms in total. The molecule has 3 N–H and O–H groups in total. The summed E-state index contributed by atoms with van der Waals surface area (Å²) in [7, 11) is 0. The lowest BCUT2D eigenvalue weighted by Crippen LogP contribution is -2.53. The number of nitrogens with two attached hydrogens (primary N) is 1. The number of rotatable bonds is 11. The van der Waals surface area contributed by atoms with Crippen LogP contribution in [-0.4, -0.2) is 105 Å². The molecule has 0 aliphatic carbocycles. The number of benzene rings is 2. The second kappa shape index (κ2) is 18.2. The van der Waals surface area contributed by atoms with E-state index >= 15 is 0 Å². The normalized spacial score (nSPS) is 16.0. The van der Waals surface area contributed by atoms with Crippen molar-refractivity contribution in [3.8, 4) is 11.4 Å². The number of piperidine rings is 1. The summed E-state index contributed by atoms with van der Waals surface area (Å²) in [5, 5.41) is 4.09. The Morgan fingerprint density at radius 2 is 1.64 bits per heavy atom. The third kappa shape index (κ3) is 10.3. The number of pyridine rings is 1. The van der Waals surface area contributed by atoms with Crippen molar-refractivity contribution in [1.82, 2.24) is 29.5 Å². The van der Waals surface area contributed by atoms with E-state index in [0.717, 1.165) is 11.6 Å². The molecule has 2 saturated heterocycles. The minimum Gasteiger partial charge on any atom is -0.436 e. The maximum absolute atomic E-state index is 14.1. The van der Waals surface area contributed by atoms with Crippen LogP contribution in [0.3, 0.4) is 0 Å². The zero-order valence-electron chi connectivity index (χ0n) is 32.1. The fourth-order valence-electron chi connectivity index (χ4n) is 6.78. The third-order valence-corrected chi connectivity index (χ3v) is 10.3. The van der Waals surface area contributed by atoms with Crippen molar-refractivity contribution in [2.75, 3.05) is 49.9 Å². The van der Waals surface area contributed by atoms with Gasteiger partial charge in [0.1, 0.15) is 5.82 Å². The van der Waals surface area contributed by atoms with E-state index < -0.39 is 65.9 Å². The second-order valence-electron chi connectivity index (χ2n) is 14.0. The van der Waals surface area contributed by atoms with E-state index in [1.54, 1.807) is 13.0 Å². The van der Waals surface area contributed by atoms with Crippen molar-refractivity contribution in [2.24, 2.45) is 0 Å². The number of hydrogen-bond donors (Lipinski definition) is 2. The monoisotopic (exact) mass is 842 g/mol. The number of nitrogens with zero attached hydrogens (tertiary/aromatic N) is 6. The number of alkyl halides is 3. The van der Waals surface area contributed by atoms with Gasteiger partial charge in [-0.1, -0.05) is 48.9 Å². The predicted molar refractivity (Wildman–Crippen MR) is 207 cm³/mol. The van der Waals surface area contributed by atoms with Crippen molar-refractivity contribution < 1.29 is 46.6 Å². The van der Waals surface area contributed by atoms with Crippen molar-refractivity contribution in [3.05, 3.63) is 93.0 Å². The number of amides is 2. The molecule has 2 aromatic carbocycles. The molecule has 59 heavy (non-hydrogen) atoms. The Labute approximate surface area is 341 Å². The van der Waals surface area contributed by atoms with E-state index in [-0.39, 0.29) is 67.9 Å². The molecule has 2 aliphatic rings.